The van der Waals surface area contributed by atoms with Crippen LogP contribution in [0.2, 0.25) is 5.02 Å². The van der Waals surface area contributed by atoms with Gasteiger partial charge in [0.2, 0.25) is 5.78 Å². The fourth-order valence-electron chi connectivity index (χ4n) is 2.99. The third-order valence-electron chi connectivity index (χ3n) is 4.47. The van der Waals surface area contributed by atoms with Crippen molar-refractivity contribution in [3.05, 3.63) is 107 Å². The molecule has 0 radical (unpaired) electrons. The Hall–Kier alpha value is -4.01. The number of pyridine rings is 1. The third-order valence-corrected chi connectivity index (χ3v) is 4.72. The van der Waals surface area contributed by atoms with Crippen LogP contribution in [0.5, 0.6) is 0 Å². The Morgan fingerprint density at radius 1 is 1.03 bits per heavy atom. The summed E-state index contributed by atoms with van der Waals surface area (Å²) in [6, 6.07) is 21.8. The fraction of sp³-hybridized carbons (Fsp3) is 0. The first-order valence-corrected chi connectivity index (χ1v) is 9.51. The SMILES string of the molecule is N#C/C(=C\c1cn(-c2ccccc2)nc1-c1cccnc1)C(=O)c1ccc(Cl)cc1. The molecule has 0 saturated carbocycles. The first-order valence-electron chi connectivity index (χ1n) is 9.13. The second-order valence-electron chi connectivity index (χ2n) is 6.46. The van der Waals surface area contributed by atoms with Crippen LogP contribution < -0.4 is 0 Å². The van der Waals surface area contributed by atoms with E-state index in [2.05, 4.69) is 10.1 Å². The standard InChI is InChI=1S/C24H15ClN4O/c25-21-10-8-17(9-11-21)24(30)19(14-26)13-20-16-29(22-6-2-1-3-7-22)28-23(20)18-5-4-12-27-15-18/h1-13,15-16H/b19-13+. The van der Waals surface area contributed by atoms with Gasteiger partial charge < -0.3 is 0 Å². The maximum atomic E-state index is 12.8. The van der Waals surface area contributed by atoms with Gasteiger partial charge in [0.25, 0.3) is 0 Å². The molecule has 0 spiro atoms. The van der Waals surface area contributed by atoms with Gasteiger partial charge in [-0.1, -0.05) is 29.8 Å². The molecule has 0 bridgehead atoms. The van der Waals surface area contributed by atoms with Crippen molar-refractivity contribution in [1.82, 2.24) is 14.8 Å². The maximum Gasteiger partial charge on any atom is 0.203 e. The number of carbonyl (C=O) groups is 1. The monoisotopic (exact) mass is 410 g/mol. The summed E-state index contributed by atoms with van der Waals surface area (Å²) in [5.74, 6) is -0.376. The predicted molar refractivity (Wildman–Crippen MR) is 116 cm³/mol. The van der Waals surface area contributed by atoms with Crippen LogP contribution in [-0.4, -0.2) is 20.5 Å². The summed E-state index contributed by atoms with van der Waals surface area (Å²) in [5, 5.41) is 14.9. The van der Waals surface area contributed by atoms with Crippen LogP contribution in [0, 0.1) is 11.3 Å². The molecule has 0 N–H and O–H groups in total. The molecule has 5 nitrogen and oxygen atoms in total. The zero-order chi connectivity index (χ0) is 20.9. The topological polar surface area (TPSA) is 71.6 Å². The lowest BCUT2D eigenvalue weighted by Crippen LogP contribution is -2.01. The first-order chi connectivity index (χ1) is 14.7. The van der Waals surface area contributed by atoms with Gasteiger partial charge in [0, 0.05) is 40.3 Å². The largest absolute Gasteiger partial charge is 0.288 e. The van der Waals surface area contributed by atoms with Crippen molar-refractivity contribution in [2.75, 3.05) is 0 Å². The molecule has 2 aromatic carbocycles. The zero-order valence-corrected chi connectivity index (χ0v) is 16.5. The predicted octanol–water partition coefficient (Wildman–Crippen LogP) is 5.38. The number of carbonyl (C=O) groups excluding carboxylic acids is 1. The summed E-state index contributed by atoms with van der Waals surface area (Å²) in [6.07, 6.45) is 6.73. The van der Waals surface area contributed by atoms with Crippen molar-refractivity contribution < 1.29 is 4.79 Å². The van der Waals surface area contributed by atoms with Crippen LogP contribution >= 0.6 is 11.6 Å². The second kappa shape index (κ2) is 8.56. The van der Waals surface area contributed by atoms with Gasteiger partial charge in [0.05, 0.1) is 5.69 Å². The highest BCUT2D eigenvalue weighted by Gasteiger charge is 2.16. The van der Waals surface area contributed by atoms with Crippen molar-refractivity contribution in [1.29, 1.82) is 5.26 Å². The molecular formula is C24H15ClN4O. The number of nitriles is 1. The number of Topliss-reactive ketones (excluding diaryl/α,β-unsaturated/α-hetero) is 1. The van der Waals surface area contributed by atoms with Crippen LogP contribution in [-0.2, 0) is 0 Å². The van der Waals surface area contributed by atoms with Gasteiger partial charge in [-0.2, -0.15) is 10.4 Å². The van der Waals surface area contributed by atoms with E-state index in [4.69, 9.17) is 11.6 Å². The molecule has 0 amide bonds. The molecule has 30 heavy (non-hydrogen) atoms. The van der Waals surface area contributed by atoms with Crippen molar-refractivity contribution in [3.63, 3.8) is 0 Å². The van der Waals surface area contributed by atoms with E-state index >= 15 is 0 Å². The summed E-state index contributed by atoms with van der Waals surface area (Å²) < 4.78 is 1.72. The summed E-state index contributed by atoms with van der Waals surface area (Å²) in [5.41, 5.74) is 3.33. The molecule has 4 aromatic rings. The van der Waals surface area contributed by atoms with Crippen LogP contribution in [0.25, 0.3) is 23.0 Å². The maximum absolute atomic E-state index is 12.8. The van der Waals surface area contributed by atoms with E-state index in [1.807, 2.05) is 48.5 Å². The highest BCUT2D eigenvalue weighted by atomic mass is 35.5. The molecule has 0 fully saturated rings. The fourth-order valence-corrected chi connectivity index (χ4v) is 3.12. The third kappa shape index (κ3) is 4.04. The Kier molecular flexibility index (Phi) is 5.51. The lowest BCUT2D eigenvalue weighted by molar-refractivity contribution is 0.104. The lowest BCUT2D eigenvalue weighted by atomic mass is 10.0. The molecule has 0 saturated heterocycles. The minimum Gasteiger partial charge on any atom is -0.288 e. The normalized spacial score (nSPS) is 11.1. The number of nitrogens with zero attached hydrogens (tertiary/aromatic N) is 4. The summed E-state index contributed by atoms with van der Waals surface area (Å²) >= 11 is 5.90. The average Bonchev–Trinajstić information content (AvgIpc) is 3.22. The van der Waals surface area contributed by atoms with Gasteiger partial charge in [0.15, 0.2) is 0 Å². The molecule has 0 aliphatic heterocycles. The van der Waals surface area contributed by atoms with Crippen LogP contribution in [0.1, 0.15) is 15.9 Å². The summed E-state index contributed by atoms with van der Waals surface area (Å²) in [4.78, 5) is 17.0. The van der Waals surface area contributed by atoms with E-state index in [9.17, 15) is 10.1 Å². The van der Waals surface area contributed by atoms with Crippen molar-refractivity contribution >= 4 is 23.5 Å². The highest BCUT2D eigenvalue weighted by molar-refractivity contribution is 6.30. The van der Waals surface area contributed by atoms with Gasteiger partial charge in [-0.3, -0.25) is 9.78 Å². The van der Waals surface area contributed by atoms with Crippen molar-refractivity contribution in [2.45, 2.75) is 0 Å². The van der Waals surface area contributed by atoms with Crippen LogP contribution in [0.3, 0.4) is 0 Å². The molecular weight excluding hydrogens is 396 g/mol. The Labute approximate surface area is 178 Å². The second-order valence-corrected chi connectivity index (χ2v) is 6.90. The van der Waals surface area contributed by atoms with Gasteiger partial charge in [-0.15, -0.1) is 0 Å². The Morgan fingerprint density at radius 2 is 1.80 bits per heavy atom. The summed E-state index contributed by atoms with van der Waals surface area (Å²) in [6.45, 7) is 0. The van der Waals surface area contributed by atoms with E-state index < -0.39 is 0 Å². The van der Waals surface area contributed by atoms with E-state index in [1.54, 1.807) is 53.6 Å². The molecule has 6 heteroatoms. The lowest BCUT2D eigenvalue weighted by Gasteiger charge is -2.01. The number of allylic oxidation sites excluding steroid dienone is 1. The number of ketones is 1. The van der Waals surface area contributed by atoms with Gasteiger partial charge in [0.1, 0.15) is 17.3 Å². The number of benzene rings is 2. The Balaban J connectivity index is 1.82. The Bertz CT molecular complexity index is 1250. The zero-order valence-electron chi connectivity index (χ0n) is 15.7. The minimum absolute atomic E-state index is 0.00933. The molecule has 144 valence electrons. The average molecular weight is 411 g/mol. The number of para-hydroxylation sites is 1. The molecule has 2 aromatic heterocycles. The molecule has 0 aliphatic carbocycles. The molecule has 0 unspecified atom stereocenters. The van der Waals surface area contributed by atoms with Gasteiger partial charge in [-0.25, -0.2) is 4.68 Å². The van der Waals surface area contributed by atoms with Gasteiger partial charge in [-0.05, 0) is 54.6 Å². The van der Waals surface area contributed by atoms with Crippen molar-refractivity contribution in [2.24, 2.45) is 0 Å². The van der Waals surface area contributed by atoms with E-state index in [0.29, 0.717) is 21.8 Å². The molecule has 0 aliphatic rings. The van der Waals surface area contributed by atoms with Crippen LogP contribution in [0.4, 0.5) is 0 Å². The van der Waals surface area contributed by atoms with E-state index in [0.717, 1.165) is 11.3 Å². The first kappa shape index (κ1) is 19.3. The van der Waals surface area contributed by atoms with Crippen LogP contribution in [0.15, 0.2) is 90.9 Å². The summed E-state index contributed by atoms with van der Waals surface area (Å²) in [7, 11) is 0. The number of rotatable bonds is 5. The van der Waals surface area contributed by atoms with E-state index in [-0.39, 0.29) is 11.4 Å². The minimum atomic E-state index is -0.376. The molecule has 2 heterocycles. The quantitative estimate of drug-likeness (QED) is 0.251. The van der Waals surface area contributed by atoms with E-state index in [1.165, 1.54) is 0 Å². The molecule has 0 atom stereocenters. The number of aromatic nitrogens is 3. The number of halogens is 1. The Morgan fingerprint density at radius 3 is 2.47 bits per heavy atom. The molecule has 4 rings (SSSR count). The van der Waals surface area contributed by atoms with Crippen molar-refractivity contribution in [3.8, 4) is 23.0 Å². The smallest absolute Gasteiger partial charge is 0.203 e. The van der Waals surface area contributed by atoms with Gasteiger partial charge >= 0.3 is 0 Å². The number of hydrogen-bond donors (Lipinski definition) is 0. The number of hydrogen-bond acceptors (Lipinski definition) is 4. The highest BCUT2D eigenvalue weighted by Crippen LogP contribution is 2.26.